The first-order valence-electron chi connectivity index (χ1n) is 13.8. The molecule has 0 aromatic heterocycles. The number of benzene rings is 3. The molecule has 0 saturated carbocycles. The molecule has 39 heavy (non-hydrogen) atoms. The van der Waals surface area contributed by atoms with Crippen molar-refractivity contribution < 1.29 is 19.5 Å². The molecule has 3 aromatic rings. The first-order chi connectivity index (χ1) is 19.0. The van der Waals surface area contributed by atoms with Gasteiger partial charge in [0.2, 0.25) is 17.7 Å². The van der Waals surface area contributed by atoms with Crippen LogP contribution in [0.2, 0.25) is 0 Å². The van der Waals surface area contributed by atoms with E-state index in [0.29, 0.717) is 30.8 Å². The Labute approximate surface area is 232 Å². The van der Waals surface area contributed by atoms with Gasteiger partial charge in [0.05, 0.1) is 16.6 Å². The van der Waals surface area contributed by atoms with Crippen molar-refractivity contribution in [3.8, 4) is 0 Å². The van der Waals surface area contributed by atoms with Crippen LogP contribution in [0.25, 0.3) is 10.8 Å². The van der Waals surface area contributed by atoms with Gasteiger partial charge in [0.25, 0.3) is 0 Å². The Hall–Kier alpha value is -3.36. The number of nitrogens with zero attached hydrogens (tertiary/aromatic N) is 1. The summed E-state index contributed by atoms with van der Waals surface area (Å²) < 4.78 is -0.627. The van der Waals surface area contributed by atoms with Crippen molar-refractivity contribution >= 4 is 51.6 Å². The average molecular weight is 544 g/mol. The van der Waals surface area contributed by atoms with Gasteiger partial charge in [-0.3, -0.25) is 14.4 Å². The van der Waals surface area contributed by atoms with Crippen molar-refractivity contribution in [2.24, 2.45) is 11.8 Å². The lowest BCUT2D eigenvalue weighted by Gasteiger charge is -2.34. The Morgan fingerprint density at radius 3 is 2.44 bits per heavy atom. The molecule has 5 atom stereocenters. The van der Waals surface area contributed by atoms with Crippen LogP contribution in [0.3, 0.4) is 0 Å². The predicted molar refractivity (Wildman–Crippen MR) is 154 cm³/mol. The normalized spacial score (nSPS) is 27.1. The summed E-state index contributed by atoms with van der Waals surface area (Å²) >= 11 is 1.67. The quantitative estimate of drug-likeness (QED) is 0.341. The molecule has 0 radical (unpaired) electrons. The van der Waals surface area contributed by atoms with Gasteiger partial charge in [0.15, 0.2) is 0 Å². The first kappa shape index (κ1) is 25.9. The molecule has 2 bridgehead atoms. The van der Waals surface area contributed by atoms with E-state index in [1.54, 1.807) is 16.7 Å². The third-order valence-electron chi connectivity index (χ3n) is 8.47. The number of likely N-dealkylation sites (tertiary alicyclic amines) is 1. The van der Waals surface area contributed by atoms with Crippen molar-refractivity contribution in [3.63, 3.8) is 0 Å². The maximum absolute atomic E-state index is 14.0. The largest absolute Gasteiger partial charge is 0.396 e. The molecular formula is C31H33N3O4S. The lowest BCUT2D eigenvalue weighted by Crippen LogP contribution is -2.51. The number of aliphatic hydroxyl groups is 1. The molecule has 7 nitrogen and oxygen atoms in total. The fraction of sp³-hybridized carbons (Fsp3) is 0.387. The smallest absolute Gasteiger partial charge is 0.248 e. The van der Waals surface area contributed by atoms with E-state index in [2.05, 4.69) is 10.6 Å². The van der Waals surface area contributed by atoms with Crippen LogP contribution in [-0.4, -0.2) is 56.9 Å². The Morgan fingerprint density at radius 2 is 1.64 bits per heavy atom. The van der Waals surface area contributed by atoms with Crippen molar-refractivity contribution in [1.82, 2.24) is 4.90 Å². The van der Waals surface area contributed by atoms with Crippen LogP contribution < -0.4 is 10.6 Å². The van der Waals surface area contributed by atoms with Gasteiger partial charge in [-0.25, -0.2) is 0 Å². The number of fused-ring (bicyclic) bond motifs is 2. The van der Waals surface area contributed by atoms with E-state index >= 15 is 0 Å². The first-order valence-corrected chi connectivity index (χ1v) is 14.6. The number of hydrogen-bond donors (Lipinski definition) is 3. The number of carbonyl (C=O) groups excluding carboxylic acids is 3. The highest BCUT2D eigenvalue weighted by Crippen LogP contribution is 2.66. The molecule has 3 aromatic carbocycles. The van der Waals surface area contributed by atoms with Gasteiger partial charge >= 0.3 is 0 Å². The summed E-state index contributed by atoms with van der Waals surface area (Å²) in [6.07, 6.45) is 3.66. The topological polar surface area (TPSA) is 98.7 Å². The summed E-state index contributed by atoms with van der Waals surface area (Å²) in [6, 6.07) is 22.5. The summed E-state index contributed by atoms with van der Waals surface area (Å²) in [5.74, 6) is -1.44. The molecule has 3 fully saturated rings. The number of thioether (sulfide) groups is 1. The average Bonchev–Trinajstić information content (AvgIpc) is 3.59. The Kier molecular flexibility index (Phi) is 7.08. The van der Waals surface area contributed by atoms with Crippen LogP contribution in [0.5, 0.6) is 0 Å². The molecular weight excluding hydrogens is 510 g/mol. The molecule has 3 amide bonds. The fourth-order valence-corrected chi connectivity index (χ4v) is 9.01. The van der Waals surface area contributed by atoms with E-state index in [4.69, 9.17) is 0 Å². The Morgan fingerprint density at radius 1 is 0.897 bits per heavy atom. The van der Waals surface area contributed by atoms with Crippen molar-refractivity contribution in [2.45, 2.75) is 48.1 Å². The van der Waals surface area contributed by atoms with Gasteiger partial charge in [-0.05, 0) is 67.1 Å². The number of unbranched alkanes of at least 4 members (excludes halogenated alkanes) is 2. The number of amides is 3. The van der Waals surface area contributed by atoms with Crippen molar-refractivity contribution in [2.75, 3.05) is 23.8 Å². The van der Waals surface area contributed by atoms with Crippen LogP contribution in [0.4, 0.5) is 11.4 Å². The molecule has 3 saturated heterocycles. The summed E-state index contributed by atoms with van der Waals surface area (Å²) in [4.78, 5) is 43.4. The summed E-state index contributed by atoms with van der Waals surface area (Å²) in [5, 5.41) is 17.5. The number of hydrogen-bond acceptors (Lipinski definition) is 5. The van der Waals surface area contributed by atoms with E-state index in [-0.39, 0.29) is 29.6 Å². The second kappa shape index (κ2) is 10.7. The van der Waals surface area contributed by atoms with Crippen LogP contribution in [0.1, 0.15) is 32.1 Å². The predicted octanol–water partition coefficient (Wildman–Crippen LogP) is 4.67. The van der Waals surface area contributed by atoms with Crippen molar-refractivity contribution in [1.29, 1.82) is 0 Å². The SMILES string of the molecule is O=C(Nc1ccc2ccccc2c1)C1N(CCCCCO)C(=O)[C@@H]2[C@@H](C(=O)Nc3ccccc3)[C@H]3CCC12S3. The number of aliphatic hydroxyl groups excluding tert-OH is 1. The highest BCUT2D eigenvalue weighted by Gasteiger charge is 2.73. The minimum atomic E-state index is -0.653. The van der Waals surface area contributed by atoms with Gasteiger partial charge in [-0.15, -0.1) is 11.8 Å². The number of para-hydroxylation sites is 1. The van der Waals surface area contributed by atoms with E-state index in [0.717, 1.165) is 30.0 Å². The number of carbonyl (C=O) groups is 3. The molecule has 3 N–H and O–H groups in total. The minimum Gasteiger partial charge on any atom is -0.396 e. The molecule has 3 aliphatic heterocycles. The molecule has 6 rings (SSSR count). The lowest BCUT2D eigenvalue weighted by molar-refractivity contribution is -0.138. The molecule has 0 aliphatic carbocycles. The van der Waals surface area contributed by atoms with Gasteiger partial charge < -0.3 is 20.6 Å². The van der Waals surface area contributed by atoms with E-state index < -0.39 is 22.6 Å². The Balaban J connectivity index is 1.29. The zero-order valence-corrected chi connectivity index (χ0v) is 22.5. The van der Waals surface area contributed by atoms with E-state index in [9.17, 15) is 19.5 Å². The molecule has 1 spiro atoms. The van der Waals surface area contributed by atoms with Gasteiger partial charge in [0.1, 0.15) is 6.04 Å². The van der Waals surface area contributed by atoms with Gasteiger partial charge in [0, 0.05) is 29.8 Å². The second-order valence-electron chi connectivity index (χ2n) is 10.8. The maximum Gasteiger partial charge on any atom is 0.248 e. The monoisotopic (exact) mass is 543 g/mol. The highest BCUT2D eigenvalue weighted by atomic mass is 32.2. The van der Waals surface area contributed by atoms with Crippen LogP contribution in [0, 0.1) is 11.8 Å². The third kappa shape index (κ3) is 4.59. The fourth-order valence-electron chi connectivity index (χ4n) is 6.79. The number of nitrogens with one attached hydrogen (secondary N) is 2. The molecule has 2 unspecified atom stereocenters. The van der Waals surface area contributed by atoms with Crippen LogP contribution in [0.15, 0.2) is 72.8 Å². The second-order valence-corrected chi connectivity index (χ2v) is 12.4. The highest BCUT2D eigenvalue weighted by molar-refractivity contribution is 8.02. The standard InChI is InChI=1S/C31H33N3O4S/c35-18-8-2-7-17-34-27(29(37)33-23-14-13-20-9-5-6-10-21(20)19-23)31-16-15-24(39-31)25(26(31)30(34)38)28(36)32-22-11-3-1-4-12-22/h1,3-6,9-14,19,24-27,35H,2,7-8,15-18H2,(H,32,36)(H,33,37)/t24-,25+,26+,27?,31?/m1/s1. The number of anilines is 2. The van der Waals surface area contributed by atoms with Crippen molar-refractivity contribution in [3.05, 3.63) is 72.8 Å². The molecule has 3 heterocycles. The molecule has 3 aliphatic rings. The van der Waals surface area contributed by atoms with E-state index in [1.807, 2.05) is 72.8 Å². The zero-order chi connectivity index (χ0) is 27.0. The minimum absolute atomic E-state index is 0.00942. The summed E-state index contributed by atoms with van der Waals surface area (Å²) in [7, 11) is 0. The summed E-state index contributed by atoms with van der Waals surface area (Å²) in [5.41, 5.74) is 1.41. The molecule has 8 heteroatoms. The maximum atomic E-state index is 14.0. The number of rotatable bonds is 9. The zero-order valence-electron chi connectivity index (χ0n) is 21.7. The third-order valence-corrected chi connectivity index (χ3v) is 10.4. The molecule has 202 valence electrons. The summed E-state index contributed by atoms with van der Waals surface area (Å²) in [6.45, 7) is 0.538. The van der Waals surface area contributed by atoms with E-state index in [1.165, 1.54) is 0 Å². The van der Waals surface area contributed by atoms with Gasteiger partial charge in [-0.2, -0.15) is 0 Å². The Bertz CT molecular complexity index is 1400. The van der Waals surface area contributed by atoms with Gasteiger partial charge in [-0.1, -0.05) is 48.5 Å². The lowest BCUT2D eigenvalue weighted by atomic mass is 9.70. The van der Waals surface area contributed by atoms with Crippen LogP contribution >= 0.6 is 11.8 Å². The van der Waals surface area contributed by atoms with Crippen LogP contribution in [-0.2, 0) is 14.4 Å².